The lowest BCUT2D eigenvalue weighted by atomic mass is 9.83. The molecule has 0 aromatic carbocycles. The van der Waals surface area contributed by atoms with Gasteiger partial charge in [-0.15, -0.1) is 0 Å². The average molecular weight is 315 g/mol. The van der Waals surface area contributed by atoms with E-state index in [2.05, 4.69) is 21.8 Å². The van der Waals surface area contributed by atoms with Gasteiger partial charge in [-0.25, -0.2) is 17.9 Å². The van der Waals surface area contributed by atoms with Crippen LogP contribution in [0, 0.1) is 18.8 Å². The number of aryl methyl sites for hydroxylation is 1. The first kappa shape index (κ1) is 16.0. The number of nitrogens with zero attached hydrogens (tertiary/aromatic N) is 1. The Balaban J connectivity index is 2.09. The second kappa shape index (κ2) is 6.15. The van der Waals surface area contributed by atoms with Crippen LogP contribution in [0.4, 0.5) is 0 Å². The molecule has 0 saturated heterocycles. The SMILES string of the molecule is Cc1[nH]nc(C(=O)O)c1S(=O)(=O)NCC1CCC(C)CC1. The molecule has 1 aromatic rings. The normalized spacial score (nSPS) is 23.1. The summed E-state index contributed by atoms with van der Waals surface area (Å²) in [6.07, 6.45) is 4.22. The fourth-order valence-corrected chi connectivity index (χ4v) is 4.16. The number of sulfonamides is 1. The number of aromatic amines is 1. The van der Waals surface area contributed by atoms with Gasteiger partial charge < -0.3 is 5.11 Å². The summed E-state index contributed by atoms with van der Waals surface area (Å²) in [6.45, 7) is 4.05. The van der Waals surface area contributed by atoms with Gasteiger partial charge in [0.25, 0.3) is 0 Å². The van der Waals surface area contributed by atoms with E-state index < -0.39 is 21.7 Å². The van der Waals surface area contributed by atoms with Crippen LogP contribution in [0.25, 0.3) is 0 Å². The second-order valence-electron chi connectivity index (χ2n) is 5.81. The number of aromatic nitrogens is 2. The van der Waals surface area contributed by atoms with Crippen molar-refractivity contribution in [1.29, 1.82) is 0 Å². The van der Waals surface area contributed by atoms with Crippen molar-refractivity contribution in [3.05, 3.63) is 11.4 Å². The van der Waals surface area contributed by atoms with Crippen LogP contribution in [0.2, 0.25) is 0 Å². The Kier molecular flexibility index (Phi) is 4.67. The quantitative estimate of drug-likeness (QED) is 0.762. The molecule has 2 rings (SSSR count). The molecule has 1 aliphatic carbocycles. The number of hydrogen-bond donors (Lipinski definition) is 3. The van der Waals surface area contributed by atoms with Crippen molar-refractivity contribution in [3.63, 3.8) is 0 Å². The third-order valence-corrected chi connectivity index (χ3v) is 5.64. The smallest absolute Gasteiger partial charge is 0.357 e. The van der Waals surface area contributed by atoms with E-state index >= 15 is 0 Å². The largest absolute Gasteiger partial charge is 0.476 e. The first-order valence-electron chi connectivity index (χ1n) is 7.09. The first-order valence-corrected chi connectivity index (χ1v) is 8.57. The number of rotatable bonds is 5. The predicted molar refractivity (Wildman–Crippen MR) is 76.6 cm³/mol. The van der Waals surface area contributed by atoms with Crippen molar-refractivity contribution in [1.82, 2.24) is 14.9 Å². The third-order valence-electron chi connectivity index (χ3n) is 4.06. The van der Waals surface area contributed by atoms with Crippen LogP contribution in [0.5, 0.6) is 0 Å². The molecule has 1 aromatic heterocycles. The average Bonchev–Trinajstić information content (AvgIpc) is 2.81. The molecule has 1 saturated carbocycles. The molecule has 0 aliphatic heterocycles. The Morgan fingerprint density at radius 1 is 1.38 bits per heavy atom. The van der Waals surface area contributed by atoms with Crippen LogP contribution < -0.4 is 4.72 Å². The van der Waals surface area contributed by atoms with Gasteiger partial charge in [0.2, 0.25) is 10.0 Å². The zero-order chi connectivity index (χ0) is 15.6. The molecule has 1 heterocycles. The summed E-state index contributed by atoms with van der Waals surface area (Å²) >= 11 is 0. The molecular formula is C13H21N3O4S. The fourth-order valence-electron chi connectivity index (χ4n) is 2.73. The number of carboxylic acids is 1. The third kappa shape index (κ3) is 3.62. The Morgan fingerprint density at radius 3 is 2.57 bits per heavy atom. The standard InChI is InChI=1S/C13H21N3O4S/c1-8-3-5-10(6-4-8)7-14-21(19,20)12-9(2)15-16-11(12)13(17)18/h8,10,14H,3-7H2,1-2H3,(H,15,16)(H,17,18). The van der Waals surface area contributed by atoms with Crippen LogP contribution in [0.1, 0.15) is 48.8 Å². The molecule has 3 N–H and O–H groups in total. The van der Waals surface area contributed by atoms with E-state index in [4.69, 9.17) is 5.11 Å². The predicted octanol–water partition coefficient (Wildman–Crippen LogP) is 1.52. The highest BCUT2D eigenvalue weighted by atomic mass is 32.2. The van der Waals surface area contributed by atoms with Gasteiger partial charge in [0.05, 0.1) is 5.69 Å². The second-order valence-corrected chi connectivity index (χ2v) is 7.51. The number of carboxylic acid groups (broad SMARTS) is 1. The molecule has 7 nitrogen and oxygen atoms in total. The summed E-state index contributed by atoms with van der Waals surface area (Å²) in [5.74, 6) is -0.338. The maximum absolute atomic E-state index is 12.3. The number of carbonyl (C=O) groups is 1. The van der Waals surface area contributed by atoms with E-state index in [1.165, 1.54) is 6.92 Å². The highest BCUT2D eigenvalue weighted by molar-refractivity contribution is 7.89. The van der Waals surface area contributed by atoms with Gasteiger partial charge in [0.1, 0.15) is 4.90 Å². The summed E-state index contributed by atoms with van der Waals surface area (Å²) in [6, 6.07) is 0. The highest BCUT2D eigenvalue weighted by Gasteiger charge is 2.29. The minimum atomic E-state index is -3.86. The van der Waals surface area contributed by atoms with Gasteiger partial charge in [0.15, 0.2) is 5.69 Å². The number of H-pyrrole nitrogens is 1. The van der Waals surface area contributed by atoms with Gasteiger partial charge >= 0.3 is 5.97 Å². The molecule has 1 aliphatic rings. The van der Waals surface area contributed by atoms with Gasteiger partial charge in [0, 0.05) is 6.54 Å². The van der Waals surface area contributed by atoms with Gasteiger partial charge in [-0.05, 0) is 31.6 Å². The Bertz CT molecular complexity index is 615. The van der Waals surface area contributed by atoms with Crippen molar-refractivity contribution >= 4 is 16.0 Å². The maximum Gasteiger partial charge on any atom is 0.357 e. The van der Waals surface area contributed by atoms with Crippen LogP contribution in [-0.2, 0) is 10.0 Å². The molecule has 8 heteroatoms. The van der Waals surface area contributed by atoms with Crippen molar-refractivity contribution in [2.24, 2.45) is 11.8 Å². The Morgan fingerprint density at radius 2 is 2.00 bits per heavy atom. The van der Waals surface area contributed by atoms with Crippen LogP contribution >= 0.6 is 0 Å². The van der Waals surface area contributed by atoms with E-state index in [0.29, 0.717) is 18.4 Å². The van der Waals surface area contributed by atoms with E-state index in [1.54, 1.807) is 0 Å². The molecule has 1 fully saturated rings. The molecule has 21 heavy (non-hydrogen) atoms. The minimum Gasteiger partial charge on any atom is -0.476 e. The van der Waals surface area contributed by atoms with Gasteiger partial charge in [-0.2, -0.15) is 5.10 Å². The van der Waals surface area contributed by atoms with E-state index in [9.17, 15) is 13.2 Å². The van der Waals surface area contributed by atoms with Gasteiger partial charge in [-0.3, -0.25) is 5.10 Å². The lowest BCUT2D eigenvalue weighted by Gasteiger charge is -2.26. The maximum atomic E-state index is 12.3. The lowest BCUT2D eigenvalue weighted by molar-refractivity contribution is 0.0686. The van der Waals surface area contributed by atoms with E-state index in [0.717, 1.165) is 25.7 Å². The first-order chi connectivity index (χ1) is 9.81. The molecule has 0 atom stereocenters. The van der Waals surface area contributed by atoms with Crippen molar-refractivity contribution in [3.8, 4) is 0 Å². The summed E-state index contributed by atoms with van der Waals surface area (Å²) < 4.78 is 27.2. The summed E-state index contributed by atoms with van der Waals surface area (Å²) in [4.78, 5) is 10.8. The molecule has 0 bridgehead atoms. The van der Waals surface area contributed by atoms with E-state index in [1.807, 2.05) is 0 Å². The molecule has 0 radical (unpaired) electrons. The van der Waals surface area contributed by atoms with Crippen LogP contribution in [0.3, 0.4) is 0 Å². The van der Waals surface area contributed by atoms with Gasteiger partial charge in [-0.1, -0.05) is 19.8 Å². The fraction of sp³-hybridized carbons (Fsp3) is 0.692. The molecular weight excluding hydrogens is 294 g/mol. The van der Waals surface area contributed by atoms with Crippen LogP contribution in [-0.4, -0.2) is 36.2 Å². The minimum absolute atomic E-state index is 0.233. The number of aromatic carboxylic acids is 1. The van der Waals surface area contributed by atoms with Crippen molar-refractivity contribution < 1.29 is 18.3 Å². The Labute approximate surface area is 124 Å². The molecule has 0 spiro atoms. The number of hydrogen-bond acceptors (Lipinski definition) is 4. The summed E-state index contributed by atoms with van der Waals surface area (Å²) in [5.41, 5.74) is -0.227. The number of nitrogens with one attached hydrogen (secondary N) is 2. The zero-order valence-electron chi connectivity index (χ0n) is 12.2. The van der Waals surface area contributed by atoms with Crippen LogP contribution in [0.15, 0.2) is 4.90 Å². The monoisotopic (exact) mass is 315 g/mol. The van der Waals surface area contributed by atoms with Crippen molar-refractivity contribution in [2.75, 3.05) is 6.54 Å². The highest BCUT2D eigenvalue weighted by Crippen LogP contribution is 2.28. The topological polar surface area (TPSA) is 112 Å². The summed E-state index contributed by atoms with van der Waals surface area (Å²) in [7, 11) is -3.86. The molecule has 118 valence electrons. The Hall–Kier alpha value is -1.41. The zero-order valence-corrected chi connectivity index (χ0v) is 13.0. The lowest BCUT2D eigenvalue weighted by Crippen LogP contribution is -2.32. The molecule has 0 unspecified atom stereocenters. The summed E-state index contributed by atoms with van der Waals surface area (Å²) in [5, 5.41) is 15.0. The molecule has 0 amide bonds. The van der Waals surface area contributed by atoms with Crippen molar-refractivity contribution in [2.45, 2.75) is 44.4 Å². The van der Waals surface area contributed by atoms with E-state index in [-0.39, 0.29) is 10.6 Å².